The maximum Gasteiger partial charge on any atom is 0.306 e. The van der Waals surface area contributed by atoms with Crippen molar-refractivity contribution in [1.29, 1.82) is 0 Å². The van der Waals surface area contributed by atoms with Gasteiger partial charge in [-0.2, -0.15) is 0 Å². The molecule has 0 aliphatic carbocycles. The third kappa shape index (κ3) is 56.3. The second-order valence-electron chi connectivity index (χ2n) is 20.1. The lowest BCUT2D eigenvalue weighted by Crippen LogP contribution is -2.28. The minimum Gasteiger partial charge on any atom is -0.462 e. The minimum atomic E-state index is -0.773. The molecule has 0 rings (SSSR count). The highest BCUT2D eigenvalue weighted by Crippen LogP contribution is 2.18. The zero-order chi connectivity index (χ0) is 48.5. The molecule has 5 nitrogen and oxygen atoms in total. The van der Waals surface area contributed by atoms with Crippen LogP contribution < -0.4 is 0 Å². The average Bonchev–Trinajstić information content (AvgIpc) is 3.33. The van der Waals surface area contributed by atoms with E-state index in [1.807, 2.05) is 0 Å². The van der Waals surface area contributed by atoms with Crippen molar-refractivity contribution in [3.63, 3.8) is 0 Å². The Hall–Kier alpha value is -2.14. The standard InChI is InChI=1S/C62H114O5/c1-3-5-7-9-11-13-15-17-19-21-23-25-27-29-30-31-33-34-36-38-40-42-44-46-48-50-52-54-56-61(64)66-59-60(58-63)67-62(65)57-55-53-51-49-47-45-43-41-39-37-35-32-28-26-24-22-20-18-16-14-12-10-8-6-4-2/h6,8,12,14,18,20,24,26,60,63H,3-5,7,9-11,13,15-17,19,21-23,25,27-59H2,1-2H3/b8-6-,14-12-,20-18-,26-24-. The van der Waals surface area contributed by atoms with Crippen LogP contribution in [0.2, 0.25) is 0 Å². The highest BCUT2D eigenvalue weighted by Gasteiger charge is 2.16. The molecule has 0 radical (unpaired) electrons. The smallest absolute Gasteiger partial charge is 0.306 e. The highest BCUT2D eigenvalue weighted by molar-refractivity contribution is 5.70. The number of allylic oxidation sites excluding steroid dienone is 8. The van der Waals surface area contributed by atoms with Crippen LogP contribution >= 0.6 is 0 Å². The molecule has 5 heteroatoms. The van der Waals surface area contributed by atoms with Crippen molar-refractivity contribution in [2.75, 3.05) is 13.2 Å². The van der Waals surface area contributed by atoms with E-state index in [1.54, 1.807) is 0 Å². The van der Waals surface area contributed by atoms with Gasteiger partial charge in [-0.15, -0.1) is 0 Å². The van der Waals surface area contributed by atoms with Crippen LogP contribution in [0, 0.1) is 0 Å². The molecule has 0 bridgehead atoms. The molecule has 67 heavy (non-hydrogen) atoms. The largest absolute Gasteiger partial charge is 0.462 e. The summed E-state index contributed by atoms with van der Waals surface area (Å²) in [6.07, 6.45) is 76.7. The second kappa shape index (κ2) is 58.2. The van der Waals surface area contributed by atoms with Gasteiger partial charge in [-0.05, 0) is 51.4 Å². The quantitative estimate of drug-likeness (QED) is 0.0374. The molecule has 0 aliphatic rings. The Morgan fingerprint density at radius 1 is 0.358 bits per heavy atom. The lowest BCUT2D eigenvalue weighted by molar-refractivity contribution is -0.161. The first-order valence-corrected chi connectivity index (χ1v) is 29.7. The molecule has 0 fully saturated rings. The molecule has 1 unspecified atom stereocenters. The molecule has 0 aromatic rings. The van der Waals surface area contributed by atoms with Crippen LogP contribution in [0.1, 0.15) is 316 Å². The van der Waals surface area contributed by atoms with Gasteiger partial charge in [0.1, 0.15) is 6.61 Å². The van der Waals surface area contributed by atoms with Crippen LogP contribution in [-0.4, -0.2) is 36.4 Å². The summed E-state index contributed by atoms with van der Waals surface area (Å²) < 4.78 is 10.7. The summed E-state index contributed by atoms with van der Waals surface area (Å²) in [5.74, 6) is -0.577. The molecule has 0 saturated heterocycles. The maximum atomic E-state index is 12.3. The Labute approximate surface area is 418 Å². The van der Waals surface area contributed by atoms with Gasteiger partial charge in [-0.1, -0.05) is 300 Å². The predicted octanol–water partition coefficient (Wildman–Crippen LogP) is 20.0. The minimum absolute atomic E-state index is 0.0629. The topological polar surface area (TPSA) is 72.8 Å². The Morgan fingerprint density at radius 2 is 0.642 bits per heavy atom. The van der Waals surface area contributed by atoms with E-state index in [9.17, 15) is 14.7 Å². The van der Waals surface area contributed by atoms with Crippen molar-refractivity contribution in [1.82, 2.24) is 0 Å². The Balaban J connectivity index is 3.43. The van der Waals surface area contributed by atoms with Crippen LogP contribution in [0.3, 0.4) is 0 Å². The molecule has 0 spiro atoms. The zero-order valence-corrected chi connectivity index (χ0v) is 44.9. The van der Waals surface area contributed by atoms with Gasteiger partial charge in [-0.3, -0.25) is 9.59 Å². The summed E-state index contributed by atoms with van der Waals surface area (Å²) in [5, 5.41) is 9.66. The molecule has 0 aromatic carbocycles. The number of unbranched alkanes of at least 4 members (excludes halogenated alkanes) is 39. The molecule has 0 heterocycles. The van der Waals surface area contributed by atoms with Crippen LogP contribution in [0.15, 0.2) is 48.6 Å². The van der Waals surface area contributed by atoms with Gasteiger partial charge in [-0.25, -0.2) is 0 Å². The average molecular weight is 940 g/mol. The number of rotatable bonds is 55. The van der Waals surface area contributed by atoms with Crippen molar-refractivity contribution in [3.8, 4) is 0 Å². The fraction of sp³-hybridized carbons (Fsp3) is 0.839. The Morgan fingerprint density at radius 3 is 0.970 bits per heavy atom. The summed E-state index contributed by atoms with van der Waals surface area (Å²) in [4.78, 5) is 24.6. The van der Waals surface area contributed by atoms with Crippen molar-refractivity contribution in [3.05, 3.63) is 48.6 Å². The molecular weight excluding hydrogens is 825 g/mol. The van der Waals surface area contributed by atoms with Gasteiger partial charge in [0.05, 0.1) is 6.61 Å². The molecule has 0 saturated carbocycles. The van der Waals surface area contributed by atoms with E-state index >= 15 is 0 Å². The van der Waals surface area contributed by atoms with E-state index in [0.29, 0.717) is 12.8 Å². The molecule has 0 aromatic heterocycles. The monoisotopic (exact) mass is 939 g/mol. The lowest BCUT2D eigenvalue weighted by atomic mass is 10.0. The Bertz CT molecular complexity index is 1110. The van der Waals surface area contributed by atoms with E-state index in [0.717, 1.165) is 57.8 Å². The predicted molar refractivity (Wildman–Crippen MR) is 293 cm³/mol. The first-order chi connectivity index (χ1) is 33.1. The van der Waals surface area contributed by atoms with Gasteiger partial charge in [0, 0.05) is 12.8 Å². The van der Waals surface area contributed by atoms with E-state index in [1.165, 1.54) is 231 Å². The zero-order valence-electron chi connectivity index (χ0n) is 44.9. The molecule has 1 atom stereocenters. The summed E-state index contributed by atoms with van der Waals surface area (Å²) in [7, 11) is 0. The van der Waals surface area contributed by atoms with Crippen molar-refractivity contribution >= 4 is 11.9 Å². The summed E-state index contributed by atoms with van der Waals surface area (Å²) in [6.45, 7) is 4.07. The lowest BCUT2D eigenvalue weighted by Gasteiger charge is -2.15. The van der Waals surface area contributed by atoms with Gasteiger partial charge in [0.15, 0.2) is 6.10 Å². The fourth-order valence-corrected chi connectivity index (χ4v) is 8.96. The van der Waals surface area contributed by atoms with E-state index in [4.69, 9.17) is 9.47 Å². The number of aliphatic hydroxyl groups is 1. The number of hydrogen-bond donors (Lipinski definition) is 1. The summed E-state index contributed by atoms with van der Waals surface area (Å²) >= 11 is 0. The highest BCUT2D eigenvalue weighted by atomic mass is 16.6. The van der Waals surface area contributed by atoms with E-state index in [-0.39, 0.29) is 25.2 Å². The van der Waals surface area contributed by atoms with E-state index < -0.39 is 6.10 Å². The molecule has 0 aliphatic heterocycles. The van der Waals surface area contributed by atoms with Crippen molar-refractivity contribution < 1.29 is 24.2 Å². The first kappa shape index (κ1) is 64.9. The van der Waals surface area contributed by atoms with Crippen molar-refractivity contribution in [2.24, 2.45) is 0 Å². The van der Waals surface area contributed by atoms with Gasteiger partial charge >= 0.3 is 11.9 Å². The Kier molecular flexibility index (Phi) is 56.3. The third-order valence-electron chi connectivity index (χ3n) is 13.4. The second-order valence-corrected chi connectivity index (χ2v) is 20.1. The number of esters is 2. The van der Waals surface area contributed by atoms with Crippen LogP contribution in [-0.2, 0) is 19.1 Å². The number of hydrogen-bond acceptors (Lipinski definition) is 5. The maximum absolute atomic E-state index is 12.3. The summed E-state index contributed by atoms with van der Waals surface area (Å²) in [5.41, 5.74) is 0. The number of carbonyl (C=O) groups is 2. The summed E-state index contributed by atoms with van der Waals surface area (Å²) in [6, 6.07) is 0. The molecule has 0 amide bonds. The van der Waals surface area contributed by atoms with Crippen LogP contribution in [0.4, 0.5) is 0 Å². The number of ether oxygens (including phenoxy) is 2. The fourth-order valence-electron chi connectivity index (χ4n) is 8.96. The van der Waals surface area contributed by atoms with E-state index in [2.05, 4.69) is 62.5 Å². The SMILES string of the molecule is CC/C=C\C/C=C\C/C=C\C/C=C\CCCCCCCCCCCCCCC(=O)OC(CO)COC(=O)CCCCCCCCCCCCCCCCCCCCCCCCCCCCCC. The van der Waals surface area contributed by atoms with Gasteiger partial charge < -0.3 is 14.6 Å². The van der Waals surface area contributed by atoms with Crippen molar-refractivity contribution in [2.45, 2.75) is 322 Å². The first-order valence-electron chi connectivity index (χ1n) is 29.7. The third-order valence-corrected chi connectivity index (χ3v) is 13.4. The van der Waals surface area contributed by atoms with Gasteiger partial charge in [0.2, 0.25) is 0 Å². The number of carbonyl (C=O) groups excluding carboxylic acids is 2. The molecule has 1 N–H and O–H groups in total. The molecular formula is C62H114O5. The van der Waals surface area contributed by atoms with Crippen LogP contribution in [0.25, 0.3) is 0 Å². The number of aliphatic hydroxyl groups excluding tert-OH is 1. The van der Waals surface area contributed by atoms with Crippen LogP contribution in [0.5, 0.6) is 0 Å². The normalized spacial score (nSPS) is 12.5. The molecule has 392 valence electrons. The van der Waals surface area contributed by atoms with Gasteiger partial charge in [0.25, 0.3) is 0 Å².